The van der Waals surface area contributed by atoms with Crippen LogP contribution in [0.3, 0.4) is 0 Å². The van der Waals surface area contributed by atoms with Crippen LogP contribution in [-0.4, -0.2) is 11.9 Å². The van der Waals surface area contributed by atoms with Crippen LogP contribution in [0, 0.1) is 13.8 Å². The zero-order valence-corrected chi connectivity index (χ0v) is 9.48. The fourth-order valence-corrected chi connectivity index (χ4v) is 1.86. The Bertz CT molecular complexity index is 334. The van der Waals surface area contributed by atoms with Crippen molar-refractivity contribution in [1.29, 1.82) is 0 Å². The summed E-state index contributed by atoms with van der Waals surface area (Å²) in [5.41, 5.74) is 2.32. The molecule has 0 aliphatic heterocycles. The Morgan fingerprint density at radius 2 is 2.14 bits per heavy atom. The minimum absolute atomic E-state index is 0.237. The molecule has 0 unspecified atom stereocenters. The van der Waals surface area contributed by atoms with Crippen LogP contribution in [0.15, 0.2) is 23.1 Å². The number of ether oxygens (including phenoxy) is 1. The number of hydrogen-bond acceptors (Lipinski definition) is 3. The first-order valence-corrected chi connectivity index (χ1v) is 5.37. The maximum atomic E-state index is 11.2. The smallest absolute Gasteiger partial charge is 0.372 e. The number of aryl methyl sites for hydroxylation is 2. The fraction of sp³-hybridized carbons (Fsp3) is 0.364. The van der Waals surface area contributed by atoms with Crippen molar-refractivity contribution in [2.75, 3.05) is 6.61 Å². The highest BCUT2D eigenvalue weighted by Crippen LogP contribution is 2.24. The van der Waals surface area contributed by atoms with E-state index in [9.17, 15) is 4.79 Å². The van der Waals surface area contributed by atoms with Gasteiger partial charge in [0.15, 0.2) is 0 Å². The Hall–Kier alpha value is -0.960. The van der Waals surface area contributed by atoms with Crippen molar-refractivity contribution in [2.45, 2.75) is 25.7 Å². The van der Waals surface area contributed by atoms with Gasteiger partial charge in [-0.25, -0.2) is 4.79 Å². The van der Waals surface area contributed by atoms with Crippen molar-refractivity contribution in [1.82, 2.24) is 0 Å². The van der Waals surface area contributed by atoms with Crippen molar-refractivity contribution in [2.24, 2.45) is 0 Å². The Labute approximate surface area is 88.7 Å². The lowest BCUT2D eigenvalue weighted by Crippen LogP contribution is -1.96. The highest BCUT2D eigenvalue weighted by Gasteiger charge is 2.07. The molecule has 1 aromatic carbocycles. The number of hydrogen-bond donors (Lipinski definition) is 0. The number of benzene rings is 1. The molecule has 1 aromatic rings. The molecule has 0 radical (unpaired) electrons. The van der Waals surface area contributed by atoms with Gasteiger partial charge in [-0.05, 0) is 44.2 Å². The summed E-state index contributed by atoms with van der Waals surface area (Å²) in [7, 11) is 0. The van der Waals surface area contributed by atoms with E-state index in [0.29, 0.717) is 6.61 Å². The van der Waals surface area contributed by atoms with E-state index in [-0.39, 0.29) is 5.30 Å². The van der Waals surface area contributed by atoms with Crippen LogP contribution >= 0.6 is 11.8 Å². The van der Waals surface area contributed by atoms with E-state index < -0.39 is 0 Å². The van der Waals surface area contributed by atoms with Crippen LogP contribution in [-0.2, 0) is 4.74 Å². The zero-order valence-electron chi connectivity index (χ0n) is 8.66. The van der Waals surface area contributed by atoms with E-state index in [1.807, 2.05) is 26.0 Å². The summed E-state index contributed by atoms with van der Waals surface area (Å²) in [4.78, 5) is 12.2. The topological polar surface area (TPSA) is 26.3 Å². The van der Waals surface area contributed by atoms with Crippen LogP contribution in [0.2, 0.25) is 0 Å². The van der Waals surface area contributed by atoms with Gasteiger partial charge in [-0.2, -0.15) is 0 Å². The summed E-state index contributed by atoms with van der Waals surface area (Å²) >= 11 is 1.14. The van der Waals surface area contributed by atoms with Gasteiger partial charge >= 0.3 is 5.30 Å². The predicted molar refractivity (Wildman–Crippen MR) is 58.8 cm³/mol. The quantitative estimate of drug-likeness (QED) is 0.551. The second-order valence-corrected chi connectivity index (χ2v) is 4.03. The largest absolute Gasteiger partial charge is 0.458 e. The van der Waals surface area contributed by atoms with E-state index in [0.717, 1.165) is 22.2 Å². The Kier molecular flexibility index (Phi) is 4.01. The van der Waals surface area contributed by atoms with Crippen LogP contribution in [0.4, 0.5) is 4.79 Å². The van der Waals surface area contributed by atoms with Crippen LogP contribution < -0.4 is 0 Å². The first kappa shape index (κ1) is 11.1. The summed E-state index contributed by atoms with van der Waals surface area (Å²) in [5.74, 6) is 0. The highest BCUT2D eigenvalue weighted by molar-refractivity contribution is 8.13. The van der Waals surface area contributed by atoms with Crippen molar-refractivity contribution < 1.29 is 9.53 Å². The first-order valence-electron chi connectivity index (χ1n) is 4.55. The minimum Gasteiger partial charge on any atom is -0.458 e. The lowest BCUT2D eigenvalue weighted by molar-refractivity contribution is 0.181. The van der Waals surface area contributed by atoms with Gasteiger partial charge < -0.3 is 4.74 Å². The standard InChI is InChI=1S/C11H14O2S/c1-4-13-11(12)14-10-6-5-8(2)7-9(10)3/h5-7H,4H2,1-3H3. The number of carbonyl (C=O) groups excluding carboxylic acids is 1. The molecule has 0 spiro atoms. The van der Waals surface area contributed by atoms with Gasteiger partial charge in [0, 0.05) is 4.90 Å². The van der Waals surface area contributed by atoms with E-state index in [2.05, 4.69) is 6.07 Å². The van der Waals surface area contributed by atoms with Gasteiger partial charge in [-0.3, -0.25) is 0 Å². The van der Waals surface area contributed by atoms with Gasteiger partial charge in [0.25, 0.3) is 0 Å². The zero-order chi connectivity index (χ0) is 10.6. The molecule has 1 rings (SSSR count). The second-order valence-electron chi connectivity index (χ2n) is 3.05. The molecule has 0 saturated heterocycles. The molecule has 76 valence electrons. The van der Waals surface area contributed by atoms with Gasteiger partial charge in [-0.1, -0.05) is 17.7 Å². The molecule has 0 fully saturated rings. The van der Waals surface area contributed by atoms with E-state index in [4.69, 9.17) is 4.74 Å². The number of carbonyl (C=O) groups is 1. The molecule has 0 heterocycles. The van der Waals surface area contributed by atoms with Gasteiger partial charge in [0.05, 0.1) is 6.61 Å². The van der Waals surface area contributed by atoms with Crippen LogP contribution in [0.5, 0.6) is 0 Å². The third kappa shape index (κ3) is 3.07. The normalized spacial score (nSPS) is 9.93. The molecular formula is C11H14O2S. The molecule has 0 amide bonds. The third-order valence-electron chi connectivity index (χ3n) is 1.79. The van der Waals surface area contributed by atoms with E-state index in [1.165, 1.54) is 5.56 Å². The van der Waals surface area contributed by atoms with Crippen molar-refractivity contribution >= 4 is 17.1 Å². The lowest BCUT2D eigenvalue weighted by Gasteiger charge is -2.05. The molecule has 0 aliphatic rings. The average Bonchev–Trinajstić information content (AvgIpc) is 2.10. The van der Waals surface area contributed by atoms with Crippen LogP contribution in [0.25, 0.3) is 0 Å². The Morgan fingerprint density at radius 1 is 1.43 bits per heavy atom. The fourth-order valence-electron chi connectivity index (χ4n) is 1.15. The highest BCUT2D eigenvalue weighted by atomic mass is 32.2. The average molecular weight is 210 g/mol. The summed E-state index contributed by atoms with van der Waals surface area (Å²) in [6, 6.07) is 6.00. The maximum Gasteiger partial charge on any atom is 0.372 e. The summed E-state index contributed by atoms with van der Waals surface area (Å²) in [6.45, 7) is 6.26. The van der Waals surface area contributed by atoms with Gasteiger partial charge in [0.2, 0.25) is 0 Å². The molecule has 14 heavy (non-hydrogen) atoms. The van der Waals surface area contributed by atoms with E-state index in [1.54, 1.807) is 6.92 Å². The van der Waals surface area contributed by atoms with Crippen molar-refractivity contribution in [3.8, 4) is 0 Å². The van der Waals surface area contributed by atoms with Crippen molar-refractivity contribution in [3.63, 3.8) is 0 Å². The van der Waals surface area contributed by atoms with Gasteiger partial charge in [-0.15, -0.1) is 0 Å². The van der Waals surface area contributed by atoms with Crippen LogP contribution in [0.1, 0.15) is 18.1 Å². The predicted octanol–water partition coefficient (Wildman–Crippen LogP) is 3.55. The minimum atomic E-state index is -0.237. The summed E-state index contributed by atoms with van der Waals surface area (Å²) < 4.78 is 4.86. The Balaban J connectivity index is 2.72. The first-order chi connectivity index (χ1) is 6.63. The molecule has 0 aromatic heterocycles. The molecule has 0 aliphatic carbocycles. The molecule has 0 bridgehead atoms. The molecule has 0 N–H and O–H groups in total. The lowest BCUT2D eigenvalue weighted by atomic mass is 10.2. The SMILES string of the molecule is CCOC(=O)Sc1ccc(C)cc1C. The molecular weight excluding hydrogens is 196 g/mol. The molecule has 2 nitrogen and oxygen atoms in total. The van der Waals surface area contributed by atoms with Crippen molar-refractivity contribution in [3.05, 3.63) is 29.3 Å². The summed E-state index contributed by atoms with van der Waals surface area (Å²) in [6.07, 6.45) is 0. The second kappa shape index (κ2) is 5.05. The number of rotatable bonds is 2. The maximum absolute atomic E-state index is 11.2. The number of thioether (sulfide) groups is 1. The Morgan fingerprint density at radius 3 is 2.71 bits per heavy atom. The molecule has 0 atom stereocenters. The third-order valence-corrected chi connectivity index (χ3v) is 2.75. The molecule has 3 heteroatoms. The van der Waals surface area contributed by atoms with E-state index >= 15 is 0 Å². The summed E-state index contributed by atoms with van der Waals surface area (Å²) in [5, 5.41) is -0.237. The monoisotopic (exact) mass is 210 g/mol. The van der Waals surface area contributed by atoms with Gasteiger partial charge in [0.1, 0.15) is 0 Å². The molecule has 0 saturated carbocycles.